The van der Waals surface area contributed by atoms with Gasteiger partial charge in [-0.1, -0.05) is 23.7 Å². The van der Waals surface area contributed by atoms with Crippen molar-refractivity contribution in [2.24, 2.45) is 5.73 Å². The molecule has 0 heterocycles. The van der Waals surface area contributed by atoms with Crippen molar-refractivity contribution in [1.82, 2.24) is 0 Å². The monoisotopic (exact) mass is 281 g/mol. The summed E-state index contributed by atoms with van der Waals surface area (Å²) < 4.78 is 42.4. The van der Waals surface area contributed by atoms with Crippen molar-refractivity contribution in [3.05, 3.63) is 34.9 Å². The molecule has 0 aliphatic carbocycles. The molecule has 2 nitrogen and oxygen atoms in total. The van der Waals surface area contributed by atoms with Crippen LogP contribution < -0.4 is 5.73 Å². The van der Waals surface area contributed by atoms with E-state index in [-0.39, 0.29) is 0 Å². The van der Waals surface area contributed by atoms with Crippen molar-refractivity contribution >= 4 is 11.6 Å². The van der Waals surface area contributed by atoms with E-state index >= 15 is 0 Å². The number of alkyl halides is 3. The average Bonchev–Trinajstić information content (AvgIpc) is 2.23. The number of hydrogen-bond donors (Lipinski definition) is 1. The molecule has 18 heavy (non-hydrogen) atoms. The first-order valence-corrected chi connectivity index (χ1v) is 5.83. The lowest BCUT2D eigenvalue weighted by atomic mass is 10.0. The number of benzene rings is 1. The highest BCUT2D eigenvalue weighted by Gasteiger charge is 2.39. The molecular weight excluding hydrogens is 267 g/mol. The lowest BCUT2D eigenvalue weighted by molar-refractivity contribution is -0.229. The van der Waals surface area contributed by atoms with Crippen LogP contribution in [0.1, 0.15) is 25.5 Å². The van der Waals surface area contributed by atoms with E-state index in [2.05, 4.69) is 0 Å². The molecule has 1 aromatic rings. The predicted octanol–water partition coefficient (Wildman–Crippen LogP) is 3.70. The first kappa shape index (κ1) is 15.3. The van der Waals surface area contributed by atoms with E-state index in [9.17, 15) is 13.2 Å². The van der Waals surface area contributed by atoms with E-state index in [4.69, 9.17) is 22.1 Å². The van der Waals surface area contributed by atoms with E-state index in [0.29, 0.717) is 10.6 Å². The normalized spacial score (nSPS) is 17.3. The van der Waals surface area contributed by atoms with Crippen molar-refractivity contribution in [2.75, 3.05) is 0 Å². The Morgan fingerprint density at radius 1 is 1.28 bits per heavy atom. The third-order valence-electron chi connectivity index (χ3n) is 2.47. The van der Waals surface area contributed by atoms with Gasteiger partial charge in [0.05, 0.1) is 6.10 Å². The summed E-state index contributed by atoms with van der Waals surface area (Å²) in [6.45, 7) is 2.55. The third-order valence-corrected chi connectivity index (χ3v) is 2.70. The largest absolute Gasteiger partial charge is 0.414 e. The molecule has 0 spiro atoms. The van der Waals surface area contributed by atoms with E-state index in [1.807, 2.05) is 0 Å². The van der Waals surface area contributed by atoms with Crippen molar-refractivity contribution in [2.45, 2.75) is 38.3 Å². The van der Waals surface area contributed by atoms with Gasteiger partial charge < -0.3 is 10.5 Å². The van der Waals surface area contributed by atoms with Crippen LogP contribution >= 0.6 is 11.6 Å². The fourth-order valence-corrected chi connectivity index (χ4v) is 1.69. The summed E-state index contributed by atoms with van der Waals surface area (Å²) in [6.07, 6.45) is -7.14. The van der Waals surface area contributed by atoms with Crippen molar-refractivity contribution < 1.29 is 17.9 Å². The van der Waals surface area contributed by atoms with Gasteiger partial charge in [-0.05, 0) is 31.5 Å². The molecule has 0 radical (unpaired) electrons. The van der Waals surface area contributed by atoms with Gasteiger partial charge in [-0.2, -0.15) is 13.2 Å². The number of hydrogen-bond acceptors (Lipinski definition) is 2. The second-order valence-corrected chi connectivity index (χ2v) is 4.59. The topological polar surface area (TPSA) is 35.2 Å². The van der Waals surface area contributed by atoms with Crippen LogP contribution in [0.4, 0.5) is 13.2 Å². The van der Waals surface area contributed by atoms with Crippen LogP contribution in [0.15, 0.2) is 24.3 Å². The average molecular weight is 282 g/mol. The van der Waals surface area contributed by atoms with Crippen molar-refractivity contribution in [3.63, 3.8) is 0 Å². The predicted molar refractivity (Wildman–Crippen MR) is 64.4 cm³/mol. The van der Waals surface area contributed by atoms with Gasteiger partial charge in [0.1, 0.15) is 0 Å². The summed E-state index contributed by atoms with van der Waals surface area (Å²) in [5.41, 5.74) is 6.21. The zero-order valence-corrected chi connectivity index (χ0v) is 10.8. The summed E-state index contributed by atoms with van der Waals surface area (Å²) in [7, 11) is 0. The lowest BCUT2D eigenvalue weighted by Crippen LogP contribution is -2.35. The first-order chi connectivity index (χ1) is 8.21. The molecule has 6 heteroatoms. The summed E-state index contributed by atoms with van der Waals surface area (Å²) in [6, 6.07) is 5.90. The molecule has 0 amide bonds. The van der Waals surface area contributed by atoms with Crippen LogP contribution in [-0.4, -0.2) is 18.3 Å². The Morgan fingerprint density at radius 2 is 1.89 bits per heavy atom. The smallest absolute Gasteiger partial charge is 0.360 e. The maximum Gasteiger partial charge on any atom is 0.414 e. The summed E-state index contributed by atoms with van der Waals surface area (Å²) >= 11 is 5.80. The highest BCUT2D eigenvalue weighted by Crippen LogP contribution is 2.30. The van der Waals surface area contributed by atoms with Crippen molar-refractivity contribution in [3.8, 4) is 0 Å². The molecule has 0 aliphatic heterocycles. The third kappa shape index (κ3) is 4.15. The molecule has 3 atom stereocenters. The number of halogens is 4. The summed E-state index contributed by atoms with van der Waals surface area (Å²) in [4.78, 5) is 0. The molecule has 0 fully saturated rings. The molecule has 0 bridgehead atoms. The van der Waals surface area contributed by atoms with Gasteiger partial charge in [-0.3, -0.25) is 0 Å². The van der Waals surface area contributed by atoms with Gasteiger partial charge in [-0.15, -0.1) is 0 Å². The molecule has 1 rings (SSSR count). The Hall–Kier alpha value is -0.780. The Morgan fingerprint density at radius 3 is 2.33 bits per heavy atom. The van der Waals surface area contributed by atoms with Crippen LogP contribution in [0, 0.1) is 0 Å². The van der Waals surface area contributed by atoms with Gasteiger partial charge >= 0.3 is 6.18 Å². The number of ether oxygens (including phenoxy) is 1. The molecule has 1 aromatic carbocycles. The number of rotatable bonds is 4. The Labute approximate surface area is 109 Å². The zero-order chi connectivity index (χ0) is 13.9. The van der Waals surface area contributed by atoms with Gasteiger partial charge in [0.25, 0.3) is 0 Å². The fourth-order valence-electron chi connectivity index (χ4n) is 1.49. The number of nitrogens with two attached hydrogens (primary N) is 1. The van der Waals surface area contributed by atoms with E-state index in [1.54, 1.807) is 31.2 Å². The molecule has 0 saturated heterocycles. The minimum absolute atomic E-state index is 0.432. The minimum Gasteiger partial charge on any atom is -0.360 e. The molecule has 0 aromatic heterocycles. The zero-order valence-electron chi connectivity index (χ0n) is 10.0. The summed E-state index contributed by atoms with van der Waals surface area (Å²) in [5, 5.41) is 0.432. The van der Waals surface area contributed by atoms with Gasteiger partial charge in [-0.25, -0.2) is 0 Å². The van der Waals surface area contributed by atoms with E-state index in [1.165, 1.54) is 0 Å². The highest BCUT2D eigenvalue weighted by atomic mass is 35.5. The highest BCUT2D eigenvalue weighted by molar-refractivity contribution is 6.30. The Balaban J connectivity index is 2.91. The van der Waals surface area contributed by atoms with Crippen LogP contribution in [0.5, 0.6) is 0 Å². The van der Waals surface area contributed by atoms with Gasteiger partial charge in [0, 0.05) is 11.1 Å². The second-order valence-electron chi connectivity index (χ2n) is 4.15. The Bertz CT molecular complexity index is 395. The van der Waals surface area contributed by atoms with Gasteiger partial charge in [0.15, 0.2) is 6.10 Å². The lowest BCUT2D eigenvalue weighted by Gasteiger charge is -2.27. The molecule has 0 saturated carbocycles. The molecular formula is C12H15ClF3NO. The van der Waals surface area contributed by atoms with Crippen LogP contribution in [0.3, 0.4) is 0 Å². The fraction of sp³-hybridized carbons (Fsp3) is 0.500. The van der Waals surface area contributed by atoms with Crippen LogP contribution in [-0.2, 0) is 4.74 Å². The molecule has 2 N–H and O–H groups in total. The maximum absolute atomic E-state index is 12.5. The van der Waals surface area contributed by atoms with Crippen molar-refractivity contribution in [1.29, 1.82) is 0 Å². The quantitative estimate of drug-likeness (QED) is 0.913. The minimum atomic E-state index is -4.41. The van der Waals surface area contributed by atoms with E-state index in [0.717, 1.165) is 6.92 Å². The molecule has 3 unspecified atom stereocenters. The second kappa shape index (κ2) is 5.91. The summed E-state index contributed by atoms with van der Waals surface area (Å²) in [5.74, 6) is 0. The van der Waals surface area contributed by atoms with E-state index < -0.39 is 24.4 Å². The van der Waals surface area contributed by atoms with Gasteiger partial charge in [0.2, 0.25) is 0 Å². The van der Waals surface area contributed by atoms with Crippen LogP contribution in [0.25, 0.3) is 0 Å². The SMILES string of the molecule is CC(N)C(OC(C)C(F)(F)F)c1cccc(Cl)c1. The van der Waals surface area contributed by atoms with Crippen LogP contribution in [0.2, 0.25) is 5.02 Å². The molecule has 0 aliphatic rings. The first-order valence-electron chi connectivity index (χ1n) is 5.45. The molecule has 102 valence electrons. The Kier molecular flexibility index (Phi) is 5.01. The maximum atomic E-state index is 12.5. The standard InChI is InChI=1S/C12H15ClF3NO/c1-7(17)11(18-8(2)12(14,15)16)9-4-3-5-10(13)6-9/h3-8,11H,17H2,1-2H3.